The number of ketones is 1. The highest BCUT2D eigenvalue weighted by Gasteiger charge is 2.19. The molecule has 0 amide bonds. The van der Waals surface area contributed by atoms with E-state index in [4.69, 9.17) is 0 Å². The van der Waals surface area contributed by atoms with Crippen molar-refractivity contribution in [1.29, 1.82) is 0 Å². The number of hydrogen-bond donors (Lipinski definition) is 0. The van der Waals surface area contributed by atoms with Crippen LogP contribution in [0.5, 0.6) is 0 Å². The van der Waals surface area contributed by atoms with Gasteiger partial charge >= 0.3 is 5.69 Å². The minimum absolute atomic E-state index is 0.0812. The minimum Gasteiger partial charge on any atom is -0.294 e. The molecule has 4 rings (SSSR count). The molecule has 0 aliphatic carbocycles. The van der Waals surface area contributed by atoms with Crippen LogP contribution in [-0.4, -0.2) is 24.9 Å². The van der Waals surface area contributed by atoms with Crippen LogP contribution in [0.25, 0.3) is 16.7 Å². The highest BCUT2D eigenvalue weighted by molar-refractivity contribution is 5.98. The third-order valence-corrected chi connectivity index (χ3v) is 5.22. The number of fused-ring (bicyclic) bond motifs is 1. The fourth-order valence-corrected chi connectivity index (χ4v) is 3.83. The van der Waals surface area contributed by atoms with E-state index in [0.717, 1.165) is 11.1 Å². The summed E-state index contributed by atoms with van der Waals surface area (Å²) in [4.78, 5) is 47.1. The Hall–Kier alpha value is -3.87. The van der Waals surface area contributed by atoms with Crippen LogP contribution in [0.3, 0.4) is 0 Å². The molecule has 0 saturated carbocycles. The molecule has 0 radical (unpaired) electrons. The Morgan fingerprint density at radius 3 is 2.43 bits per heavy atom. The Bertz CT molecular complexity index is 1400. The number of benzene rings is 1. The van der Waals surface area contributed by atoms with Crippen LogP contribution in [0, 0.1) is 13.8 Å². The average molecular weight is 400 g/mol. The van der Waals surface area contributed by atoms with Crippen LogP contribution in [0.1, 0.15) is 34.0 Å². The summed E-state index contributed by atoms with van der Waals surface area (Å²) < 4.78 is 2.60. The monoisotopic (exact) mass is 400 g/mol. The van der Waals surface area contributed by atoms with E-state index in [1.165, 1.54) is 16.1 Å². The van der Waals surface area contributed by atoms with Crippen LogP contribution >= 0.6 is 0 Å². The maximum absolute atomic E-state index is 13.5. The Morgan fingerprint density at radius 1 is 1.00 bits per heavy atom. The van der Waals surface area contributed by atoms with E-state index in [9.17, 15) is 14.4 Å². The van der Waals surface area contributed by atoms with E-state index in [-0.39, 0.29) is 18.0 Å². The van der Waals surface area contributed by atoms with Crippen molar-refractivity contribution < 1.29 is 4.79 Å². The lowest BCUT2D eigenvalue weighted by molar-refractivity contribution is 0.101. The molecule has 1 aromatic carbocycles. The van der Waals surface area contributed by atoms with Gasteiger partial charge in [0.2, 0.25) is 0 Å². The fraction of sp³-hybridized carbons (Fsp3) is 0.174. The van der Waals surface area contributed by atoms with Gasteiger partial charge < -0.3 is 0 Å². The molecular formula is C23H20N4O3. The average Bonchev–Trinajstić information content (AvgIpc) is 2.73. The first-order valence-corrected chi connectivity index (χ1v) is 9.51. The van der Waals surface area contributed by atoms with Gasteiger partial charge in [-0.15, -0.1) is 0 Å². The molecule has 0 aliphatic heterocycles. The normalized spacial score (nSPS) is 11.0. The van der Waals surface area contributed by atoms with Gasteiger partial charge in [-0.3, -0.25) is 19.1 Å². The number of carbonyl (C=O) groups excluding carboxylic acids is 1. The van der Waals surface area contributed by atoms with Crippen LogP contribution in [-0.2, 0) is 6.54 Å². The standard InChI is InChI=1S/C23H20N4O3/c1-14-6-7-19(15(2)20(14)16(3)28)27-21-18(5-4-10-25-21)22(29)26(23(27)30)13-17-8-11-24-12-9-17/h4-12H,13H2,1-3H3. The van der Waals surface area contributed by atoms with Crippen molar-refractivity contribution in [2.24, 2.45) is 0 Å². The van der Waals surface area contributed by atoms with E-state index in [1.54, 1.807) is 61.9 Å². The lowest BCUT2D eigenvalue weighted by Gasteiger charge is -2.17. The van der Waals surface area contributed by atoms with Gasteiger partial charge in [0.1, 0.15) is 0 Å². The Morgan fingerprint density at radius 2 is 1.73 bits per heavy atom. The van der Waals surface area contributed by atoms with Crippen molar-refractivity contribution in [2.75, 3.05) is 0 Å². The van der Waals surface area contributed by atoms with Gasteiger partial charge in [-0.05, 0) is 67.8 Å². The summed E-state index contributed by atoms with van der Waals surface area (Å²) in [7, 11) is 0. The molecule has 4 aromatic rings. The number of Topliss-reactive ketones (excluding diaryl/α,β-unsaturated/α-hetero) is 1. The predicted octanol–water partition coefficient (Wildman–Crippen LogP) is 2.81. The zero-order chi connectivity index (χ0) is 21.4. The van der Waals surface area contributed by atoms with Crippen LogP contribution in [0.15, 0.2) is 64.6 Å². The van der Waals surface area contributed by atoms with Gasteiger partial charge in [0.25, 0.3) is 5.56 Å². The predicted molar refractivity (Wildman–Crippen MR) is 114 cm³/mol. The van der Waals surface area contributed by atoms with Gasteiger partial charge in [0, 0.05) is 24.2 Å². The largest absolute Gasteiger partial charge is 0.337 e. The molecule has 0 unspecified atom stereocenters. The zero-order valence-electron chi connectivity index (χ0n) is 16.9. The van der Waals surface area contributed by atoms with E-state index < -0.39 is 11.2 Å². The van der Waals surface area contributed by atoms with Crippen molar-refractivity contribution in [3.63, 3.8) is 0 Å². The van der Waals surface area contributed by atoms with Crippen molar-refractivity contribution >= 4 is 16.8 Å². The third kappa shape index (κ3) is 3.14. The topological polar surface area (TPSA) is 86.9 Å². The summed E-state index contributed by atoms with van der Waals surface area (Å²) >= 11 is 0. The molecule has 0 spiro atoms. The molecule has 0 aliphatic rings. The smallest absolute Gasteiger partial charge is 0.294 e. The number of pyridine rings is 2. The fourth-order valence-electron chi connectivity index (χ4n) is 3.83. The first-order chi connectivity index (χ1) is 14.4. The molecule has 0 saturated heterocycles. The summed E-state index contributed by atoms with van der Waals surface area (Å²) in [5.74, 6) is -0.0812. The van der Waals surface area contributed by atoms with Crippen LogP contribution in [0.4, 0.5) is 0 Å². The molecule has 150 valence electrons. The number of hydrogen-bond acceptors (Lipinski definition) is 5. The zero-order valence-corrected chi connectivity index (χ0v) is 16.9. The van der Waals surface area contributed by atoms with Gasteiger partial charge in [-0.1, -0.05) is 6.07 Å². The van der Waals surface area contributed by atoms with Crippen LogP contribution in [0.2, 0.25) is 0 Å². The molecule has 3 heterocycles. The molecule has 0 atom stereocenters. The van der Waals surface area contributed by atoms with E-state index in [1.807, 2.05) is 6.92 Å². The third-order valence-electron chi connectivity index (χ3n) is 5.22. The van der Waals surface area contributed by atoms with Gasteiger partial charge in [-0.2, -0.15) is 0 Å². The summed E-state index contributed by atoms with van der Waals surface area (Å²) in [6, 6.07) is 10.4. The second-order valence-corrected chi connectivity index (χ2v) is 7.20. The Labute approximate surface area is 172 Å². The maximum atomic E-state index is 13.5. The van der Waals surface area contributed by atoms with E-state index >= 15 is 0 Å². The van der Waals surface area contributed by atoms with E-state index in [2.05, 4.69) is 9.97 Å². The molecule has 3 aromatic heterocycles. The van der Waals surface area contributed by atoms with Crippen molar-refractivity contribution in [1.82, 2.24) is 19.1 Å². The molecule has 0 fully saturated rings. The first kappa shape index (κ1) is 19.4. The van der Waals surface area contributed by atoms with Crippen LogP contribution < -0.4 is 11.2 Å². The highest BCUT2D eigenvalue weighted by atomic mass is 16.2. The van der Waals surface area contributed by atoms with Gasteiger partial charge in [-0.25, -0.2) is 14.3 Å². The quantitative estimate of drug-likeness (QED) is 0.492. The summed E-state index contributed by atoms with van der Waals surface area (Å²) in [5.41, 5.74) is 2.73. The lowest BCUT2D eigenvalue weighted by Crippen LogP contribution is -2.40. The molecule has 0 N–H and O–H groups in total. The first-order valence-electron chi connectivity index (χ1n) is 9.51. The van der Waals surface area contributed by atoms with Crippen molar-refractivity contribution in [3.8, 4) is 5.69 Å². The summed E-state index contributed by atoms with van der Waals surface area (Å²) in [6.45, 7) is 5.27. The second kappa shape index (κ2) is 7.51. The number of rotatable bonds is 4. The summed E-state index contributed by atoms with van der Waals surface area (Å²) in [6.07, 6.45) is 4.77. The molecule has 30 heavy (non-hydrogen) atoms. The highest BCUT2D eigenvalue weighted by Crippen LogP contribution is 2.23. The maximum Gasteiger partial charge on any atom is 0.337 e. The number of aromatic nitrogens is 4. The lowest BCUT2D eigenvalue weighted by atomic mass is 9.98. The van der Waals surface area contributed by atoms with E-state index in [0.29, 0.717) is 22.2 Å². The van der Waals surface area contributed by atoms with Gasteiger partial charge in [0.05, 0.1) is 17.6 Å². The minimum atomic E-state index is -0.510. The van der Waals surface area contributed by atoms with Crippen molar-refractivity contribution in [2.45, 2.75) is 27.3 Å². The van der Waals surface area contributed by atoms with Gasteiger partial charge in [0.15, 0.2) is 11.4 Å². The Kier molecular flexibility index (Phi) is 4.87. The molecule has 7 nitrogen and oxygen atoms in total. The molecular weight excluding hydrogens is 380 g/mol. The Balaban J connectivity index is 2.09. The second-order valence-electron chi connectivity index (χ2n) is 7.20. The molecule has 7 heteroatoms. The summed E-state index contributed by atoms with van der Waals surface area (Å²) in [5, 5.41) is 0.329. The van der Waals surface area contributed by atoms with Crippen molar-refractivity contribution in [3.05, 3.63) is 98.1 Å². The number of carbonyl (C=O) groups is 1. The number of aryl methyl sites for hydroxylation is 1. The molecule has 0 bridgehead atoms. The number of nitrogens with zero attached hydrogens (tertiary/aromatic N) is 4. The SMILES string of the molecule is CC(=O)c1c(C)ccc(-n2c(=O)n(Cc3ccncc3)c(=O)c3cccnc32)c1C.